The second-order valence-electron chi connectivity index (χ2n) is 6.73. The Morgan fingerprint density at radius 1 is 1.27 bits per heavy atom. The molecule has 1 heterocycles. The number of aliphatic hydroxyl groups is 1. The van der Waals surface area contributed by atoms with Crippen LogP contribution >= 0.6 is 0 Å². The zero-order valence-electron chi connectivity index (χ0n) is 16.2. The average Bonchev–Trinajstić information content (AvgIpc) is 3.48. The number of ether oxygens (including phenoxy) is 1. The molecule has 0 spiro atoms. The van der Waals surface area contributed by atoms with Gasteiger partial charge in [-0.2, -0.15) is 0 Å². The molecule has 14 nitrogen and oxygen atoms in total. The number of carboxylic acids is 2. The largest absolute Gasteiger partial charge is 0.481 e. The van der Waals surface area contributed by atoms with Crippen molar-refractivity contribution in [3.63, 3.8) is 0 Å². The molecule has 30 heavy (non-hydrogen) atoms. The fourth-order valence-electron chi connectivity index (χ4n) is 2.61. The van der Waals surface area contributed by atoms with Gasteiger partial charge >= 0.3 is 11.9 Å². The highest BCUT2D eigenvalue weighted by Crippen LogP contribution is 2.17. The number of aliphatic carboxylic acids is 2. The average molecular weight is 432 g/mol. The SMILES string of the molecule is N=C(N)NCCC[C@H](N)C(=O)N(CC1CO1)[C@@H](CC(=O)O)C(=O)N[C@@H](CO)C(=O)O. The van der Waals surface area contributed by atoms with Gasteiger partial charge in [-0.25, -0.2) is 4.79 Å². The second kappa shape index (κ2) is 11.9. The lowest BCUT2D eigenvalue weighted by atomic mass is 10.1. The number of hydrogen-bond donors (Lipinski definition) is 8. The molecule has 170 valence electrons. The van der Waals surface area contributed by atoms with Crippen molar-refractivity contribution in [3.05, 3.63) is 0 Å². The van der Waals surface area contributed by atoms with Crippen LogP contribution in [0.3, 0.4) is 0 Å². The minimum Gasteiger partial charge on any atom is -0.481 e. The van der Waals surface area contributed by atoms with Gasteiger partial charge in [0.1, 0.15) is 12.1 Å². The minimum absolute atomic E-state index is 0.0968. The first-order valence-electron chi connectivity index (χ1n) is 9.18. The van der Waals surface area contributed by atoms with Gasteiger partial charge < -0.3 is 47.1 Å². The van der Waals surface area contributed by atoms with Gasteiger partial charge in [0, 0.05) is 6.54 Å². The molecule has 2 amide bonds. The molecule has 10 N–H and O–H groups in total. The van der Waals surface area contributed by atoms with Crippen molar-refractivity contribution in [1.82, 2.24) is 15.5 Å². The maximum Gasteiger partial charge on any atom is 0.328 e. The van der Waals surface area contributed by atoms with Crippen molar-refractivity contribution >= 4 is 29.7 Å². The molecule has 0 bridgehead atoms. The molecule has 1 rings (SSSR count). The lowest BCUT2D eigenvalue weighted by Crippen LogP contribution is -2.58. The molecule has 1 aliphatic rings. The van der Waals surface area contributed by atoms with E-state index in [1.165, 1.54) is 0 Å². The van der Waals surface area contributed by atoms with E-state index in [-0.39, 0.29) is 25.5 Å². The van der Waals surface area contributed by atoms with E-state index in [0.29, 0.717) is 13.0 Å². The normalized spacial score (nSPS) is 17.9. The summed E-state index contributed by atoms with van der Waals surface area (Å²) in [6.45, 7) is -0.404. The van der Waals surface area contributed by atoms with Crippen LogP contribution in [-0.4, -0.2) is 100 Å². The highest BCUT2D eigenvalue weighted by Gasteiger charge is 2.39. The van der Waals surface area contributed by atoms with Crippen molar-refractivity contribution < 1.29 is 39.2 Å². The van der Waals surface area contributed by atoms with Crippen molar-refractivity contribution in [3.8, 4) is 0 Å². The number of aliphatic hydroxyl groups excluding tert-OH is 1. The molecule has 0 aromatic heterocycles. The highest BCUT2D eigenvalue weighted by molar-refractivity contribution is 5.94. The minimum atomic E-state index is -1.66. The van der Waals surface area contributed by atoms with Crippen molar-refractivity contribution in [2.45, 2.75) is 43.5 Å². The maximum atomic E-state index is 12.9. The first-order chi connectivity index (χ1) is 14.1. The van der Waals surface area contributed by atoms with Crippen LogP contribution < -0.4 is 22.1 Å². The van der Waals surface area contributed by atoms with Crippen molar-refractivity contribution in [2.75, 3.05) is 26.3 Å². The molecule has 0 saturated carbocycles. The topological polar surface area (TPSA) is 245 Å². The third-order valence-electron chi connectivity index (χ3n) is 4.25. The second-order valence-corrected chi connectivity index (χ2v) is 6.73. The summed E-state index contributed by atoms with van der Waals surface area (Å²) in [7, 11) is 0. The standard InChI is InChI=1S/C16H28N6O8/c17-9(2-1-3-20-16(18)19)14(27)22(5-8-7-30-8)11(4-12(24)25)13(26)21-10(6-23)15(28)29/h8-11,23H,1-7,17H2,(H,21,26)(H,24,25)(H,28,29)(H4,18,19,20)/t8?,9-,10-,11-/m0/s1. The summed E-state index contributed by atoms with van der Waals surface area (Å²) in [5, 5.41) is 38.9. The molecule has 4 atom stereocenters. The van der Waals surface area contributed by atoms with Crippen LogP contribution in [0.2, 0.25) is 0 Å². The van der Waals surface area contributed by atoms with Crippen LogP contribution in [-0.2, 0) is 23.9 Å². The summed E-state index contributed by atoms with van der Waals surface area (Å²) >= 11 is 0. The number of nitrogens with two attached hydrogens (primary N) is 2. The molecule has 0 radical (unpaired) electrons. The van der Waals surface area contributed by atoms with Crippen LogP contribution in [0.4, 0.5) is 0 Å². The van der Waals surface area contributed by atoms with Gasteiger partial charge in [0.15, 0.2) is 5.96 Å². The Morgan fingerprint density at radius 2 is 1.90 bits per heavy atom. The van der Waals surface area contributed by atoms with Crippen LogP contribution in [0.1, 0.15) is 19.3 Å². The van der Waals surface area contributed by atoms with Gasteiger partial charge in [0.2, 0.25) is 11.8 Å². The number of amides is 2. The summed E-state index contributed by atoms with van der Waals surface area (Å²) in [4.78, 5) is 48.8. The Hall–Kier alpha value is -2.97. The summed E-state index contributed by atoms with van der Waals surface area (Å²) in [5.41, 5.74) is 11.1. The molecule has 0 aromatic carbocycles. The first-order valence-corrected chi connectivity index (χ1v) is 9.18. The molecule has 1 fully saturated rings. The lowest BCUT2D eigenvalue weighted by molar-refractivity contribution is -0.149. The summed E-state index contributed by atoms with van der Waals surface area (Å²) in [6.07, 6.45) is -0.642. The van der Waals surface area contributed by atoms with Gasteiger partial charge in [0.25, 0.3) is 0 Å². The van der Waals surface area contributed by atoms with Crippen molar-refractivity contribution in [1.29, 1.82) is 5.41 Å². The number of carboxylic acid groups (broad SMARTS) is 2. The van der Waals surface area contributed by atoms with Crippen LogP contribution in [0.25, 0.3) is 0 Å². The van der Waals surface area contributed by atoms with E-state index in [0.717, 1.165) is 4.90 Å². The lowest BCUT2D eigenvalue weighted by Gasteiger charge is -2.32. The Kier molecular flexibility index (Phi) is 9.94. The molecule has 1 saturated heterocycles. The van der Waals surface area contributed by atoms with Crippen molar-refractivity contribution in [2.24, 2.45) is 11.5 Å². The number of carbonyl (C=O) groups excluding carboxylic acids is 2. The fourth-order valence-corrected chi connectivity index (χ4v) is 2.61. The summed E-state index contributed by atoms with van der Waals surface area (Å²) < 4.78 is 5.07. The van der Waals surface area contributed by atoms with E-state index in [2.05, 4.69) is 5.32 Å². The fraction of sp³-hybridized carbons (Fsp3) is 0.688. The van der Waals surface area contributed by atoms with Crippen LogP contribution in [0, 0.1) is 5.41 Å². The zero-order chi connectivity index (χ0) is 22.8. The highest BCUT2D eigenvalue weighted by atomic mass is 16.6. The van der Waals surface area contributed by atoms with Gasteiger partial charge in [-0.3, -0.25) is 19.8 Å². The first kappa shape index (κ1) is 25.1. The predicted octanol–water partition coefficient (Wildman–Crippen LogP) is -3.79. The van der Waals surface area contributed by atoms with E-state index >= 15 is 0 Å². The number of epoxide rings is 1. The Bertz CT molecular complexity index is 656. The molecule has 1 unspecified atom stereocenters. The van der Waals surface area contributed by atoms with E-state index in [4.69, 9.17) is 31.8 Å². The van der Waals surface area contributed by atoms with Gasteiger partial charge in [-0.05, 0) is 12.8 Å². The van der Waals surface area contributed by atoms with Gasteiger partial charge in [-0.15, -0.1) is 0 Å². The molecule has 14 heteroatoms. The van der Waals surface area contributed by atoms with E-state index in [1.54, 1.807) is 0 Å². The summed E-state index contributed by atoms with van der Waals surface area (Å²) in [5.74, 6) is -4.89. The molecule has 0 aliphatic carbocycles. The Balaban J connectivity index is 2.94. The van der Waals surface area contributed by atoms with Gasteiger partial charge in [0.05, 0.1) is 38.3 Å². The van der Waals surface area contributed by atoms with E-state index < -0.39 is 61.0 Å². The van der Waals surface area contributed by atoms with E-state index in [9.17, 15) is 24.3 Å². The number of nitrogens with one attached hydrogen (secondary N) is 3. The number of carbonyl (C=O) groups is 4. The van der Waals surface area contributed by atoms with E-state index in [1.807, 2.05) is 5.32 Å². The number of hydrogen-bond acceptors (Lipinski definition) is 8. The molecule has 1 aliphatic heterocycles. The Labute approximate surface area is 172 Å². The smallest absolute Gasteiger partial charge is 0.328 e. The molecule has 0 aromatic rings. The number of rotatable bonds is 14. The third kappa shape index (κ3) is 8.59. The number of nitrogens with zero attached hydrogens (tertiary/aromatic N) is 1. The maximum absolute atomic E-state index is 12.9. The van der Waals surface area contributed by atoms with Gasteiger partial charge in [-0.1, -0.05) is 0 Å². The molecular weight excluding hydrogens is 404 g/mol. The third-order valence-corrected chi connectivity index (χ3v) is 4.25. The monoisotopic (exact) mass is 432 g/mol. The zero-order valence-corrected chi connectivity index (χ0v) is 16.2. The van der Waals surface area contributed by atoms with Crippen LogP contribution in [0.5, 0.6) is 0 Å². The number of guanidine groups is 1. The van der Waals surface area contributed by atoms with Crippen LogP contribution in [0.15, 0.2) is 0 Å². The quantitative estimate of drug-likeness (QED) is 0.0572. The predicted molar refractivity (Wildman–Crippen MR) is 101 cm³/mol. The molecular formula is C16H28N6O8. The summed E-state index contributed by atoms with van der Waals surface area (Å²) in [6, 6.07) is -4.28. The Morgan fingerprint density at radius 3 is 2.37 bits per heavy atom.